The molecule has 10 heteroatoms. The van der Waals surface area contributed by atoms with Crippen LogP contribution in [0.2, 0.25) is 0 Å². The van der Waals surface area contributed by atoms with Crippen LogP contribution in [0.1, 0.15) is 30.0 Å². The number of hydrogen-bond acceptors (Lipinski definition) is 6. The quantitative estimate of drug-likeness (QED) is 0.406. The van der Waals surface area contributed by atoms with E-state index in [4.69, 9.17) is 9.72 Å². The van der Waals surface area contributed by atoms with E-state index in [1.54, 1.807) is 13.3 Å². The smallest absolute Gasteiger partial charge is 0.240 e. The van der Waals surface area contributed by atoms with E-state index < -0.39 is 6.67 Å². The first kappa shape index (κ1) is 23.3. The minimum atomic E-state index is -0.416. The average Bonchev–Trinajstić information content (AvgIpc) is 3.64. The van der Waals surface area contributed by atoms with Crippen molar-refractivity contribution < 1.29 is 13.9 Å². The molecule has 5 heterocycles. The molecule has 3 aliphatic rings. The summed E-state index contributed by atoms with van der Waals surface area (Å²) < 4.78 is 20.3. The van der Waals surface area contributed by atoms with Gasteiger partial charge in [0.25, 0.3) is 0 Å². The van der Waals surface area contributed by atoms with Crippen molar-refractivity contribution in [1.29, 1.82) is 0 Å². The second-order valence-corrected chi connectivity index (χ2v) is 10.4. The van der Waals surface area contributed by atoms with Crippen LogP contribution in [0.15, 0.2) is 36.7 Å². The highest BCUT2D eigenvalue weighted by molar-refractivity contribution is 5.93. The molecule has 1 aliphatic carbocycles. The summed E-state index contributed by atoms with van der Waals surface area (Å²) in [5.41, 5.74) is 7.90. The predicted molar refractivity (Wildman–Crippen MR) is 141 cm³/mol. The Hall–Kier alpha value is -3.79. The molecular weight excluding hydrogens is 485 g/mol. The highest BCUT2D eigenvalue weighted by Gasteiger charge is 2.41. The van der Waals surface area contributed by atoms with Crippen LogP contribution >= 0.6 is 0 Å². The van der Waals surface area contributed by atoms with Gasteiger partial charge in [-0.25, -0.2) is 9.37 Å². The van der Waals surface area contributed by atoms with Gasteiger partial charge in [-0.1, -0.05) is 18.2 Å². The molecule has 0 bridgehead atoms. The van der Waals surface area contributed by atoms with Crippen LogP contribution in [0.5, 0.6) is 5.75 Å². The first-order valence-corrected chi connectivity index (χ1v) is 13.3. The van der Waals surface area contributed by atoms with Gasteiger partial charge < -0.3 is 9.64 Å². The van der Waals surface area contributed by atoms with E-state index in [2.05, 4.69) is 33.5 Å². The minimum absolute atomic E-state index is 0.102. The maximum atomic E-state index is 12.8. The predicted octanol–water partition coefficient (Wildman–Crippen LogP) is 3.41. The van der Waals surface area contributed by atoms with Gasteiger partial charge in [-0.05, 0) is 36.8 Å². The van der Waals surface area contributed by atoms with Crippen LogP contribution in [0, 0.1) is 0 Å². The van der Waals surface area contributed by atoms with E-state index in [0.717, 1.165) is 71.5 Å². The van der Waals surface area contributed by atoms with Crippen molar-refractivity contribution in [3.05, 3.63) is 47.8 Å². The molecule has 1 aromatic carbocycles. The van der Waals surface area contributed by atoms with Crippen molar-refractivity contribution in [2.45, 2.75) is 37.8 Å². The molecule has 3 aromatic heterocycles. The fraction of sp³-hybridized carbons (Fsp3) is 0.429. The Morgan fingerprint density at radius 3 is 2.92 bits per heavy atom. The molecule has 9 nitrogen and oxygen atoms in total. The molecule has 7 rings (SSSR count). The molecule has 0 radical (unpaired) electrons. The molecular formula is C28H30FN7O2. The van der Waals surface area contributed by atoms with Gasteiger partial charge in [0.05, 0.1) is 30.9 Å². The van der Waals surface area contributed by atoms with Crippen LogP contribution in [-0.4, -0.2) is 86.7 Å². The molecule has 38 heavy (non-hydrogen) atoms. The second-order valence-electron chi connectivity index (χ2n) is 10.4. The summed E-state index contributed by atoms with van der Waals surface area (Å²) in [7, 11) is 1.67. The summed E-state index contributed by atoms with van der Waals surface area (Å²) in [6, 6.07) is 8.34. The summed E-state index contributed by atoms with van der Waals surface area (Å²) in [6.45, 7) is 1.94. The van der Waals surface area contributed by atoms with E-state index in [1.165, 1.54) is 11.1 Å². The first-order chi connectivity index (χ1) is 18.6. The molecule has 0 unspecified atom stereocenters. The number of aromatic amines is 1. The Labute approximate surface area is 219 Å². The fourth-order valence-corrected chi connectivity index (χ4v) is 6.09. The number of amides is 1. The number of benzene rings is 1. The average molecular weight is 516 g/mol. The zero-order valence-corrected chi connectivity index (χ0v) is 21.4. The Morgan fingerprint density at radius 2 is 2.13 bits per heavy atom. The number of H-pyrrole nitrogens is 1. The number of aromatic nitrogens is 5. The SMILES string of the molecule is COc1cc2[nH]nc(-c3cnn(C4CN(C(=O)[C@@H]5CCN5CCF)C4)c3)c2nc1-c1cccc2c1CCC2. The number of fused-ring (bicyclic) bond motifs is 2. The number of ether oxygens (including phenoxy) is 1. The van der Waals surface area contributed by atoms with Gasteiger partial charge >= 0.3 is 0 Å². The summed E-state index contributed by atoms with van der Waals surface area (Å²) in [5, 5.41) is 12.3. The maximum Gasteiger partial charge on any atom is 0.240 e. The summed E-state index contributed by atoms with van der Waals surface area (Å²) in [5.74, 6) is 0.823. The van der Waals surface area contributed by atoms with Crippen molar-refractivity contribution in [3.63, 3.8) is 0 Å². The van der Waals surface area contributed by atoms with Gasteiger partial charge in [-0.3, -0.25) is 19.5 Å². The van der Waals surface area contributed by atoms with Crippen LogP contribution in [0.4, 0.5) is 4.39 Å². The van der Waals surface area contributed by atoms with Crippen molar-refractivity contribution in [2.75, 3.05) is 40.0 Å². The molecule has 2 saturated heterocycles. The molecule has 4 aromatic rings. The topological polar surface area (TPSA) is 92.2 Å². The van der Waals surface area contributed by atoms with Crippen LogP contribution < -0.4 is 4.74 Å². The molecule has 0 spiro atoms. The van der Waals surface area contributed by atoms with Gasteiger partial charge in [0, 0.05) is 49.6 Å². The molecule has 196 valence electrons. The van der Waals surface area contributed by atoms with Gasteiger partial charge in [0.15, 0.2) is 0 Å². The normalized spacial score (nSPS) is 19.4. The Balaban J connectivity index is 1.14. The van der Waals surface area contributed by atoms with Crippen LogP contribution in [-0.2, 0) is 17.6 Å². The van der Waals surface area contributed by atoms with Crippen LogP contribution in [0.3, 0.4) is 0 Å². The minimum Gasteiger partial charge on any atom is -0.494 e. The lowest BCUT2D eigenvalue weighted by Gasteiger charge is -2.46. The highest BCUT2D eigenvalue weighted by Crippen LogP contribution is 2.39. The van der Waals surface area contributed by atoms with Gasteiger partial charge in [0.2, 0.25) is 5.91 Å². The second kappa shape index (κ2) is 9.20. The third kappa shape index (κ3) is 3.69. The van der Waals surface area contributed by atoms with Gasteiger partial charge in [0.1, 0.15) is 29.3 Å². The van der Waals surface area contributed by atoms with E-state index in [0.29, 0.717) is 19.6 Å². The highest BCUT2D eigenvalue weighted by atomic mass is 19.1. The lowest BCUT2D eigenvalue weighted by Crippen LogP contribution is -2.62. The number of carbonyl (C=O) groups is 1. The number of likely N-dealkylation sites (tertiary alicyclic amines) is 2. The molecule has 1 N–H and O–H groups in total. The third-order valence-corrected chi connectivity index (χ3v) is 8.33. The number of alkyl halides is 1. The van der Waals surface area contributed by atoms with E-state index in [9.17, 15) is 9.18 Å². The van der Waals surface area contributed by atoms with Gasteiger partial charge in [-0.15, -0.1) is 0 Å². The van der Waals surface area contributed by atoms with E-state index in [-0.39, 0.29) is 18.0 Å². The largest absolute Gasteiger partial charge is 0.494 e. The number of rotatable bonds is 7. The first-order valence-electron chi connectivity index (χ1n) is 13.3. The van der Waals surface area contributed by atoms with E-state index >= 15 is 0 Å². The number of halogens is 1. The lowest BCUT2D eigenvalue weighted by molar-refractivity contribution is -0.148. The summed E-state index contributed by atoms with van der Waals surface area (Å²) in [6.07, 6.45) is 7.91. The number of nitrogens with zero attached hydrogens (tertiary/aromatic N) is 6. The monoisotopic (exact) mass is 515 g/mol. The number of pyridine rings is 1. The summed E-state index contributed by atoms with van der Waals surface area (Å²) in [4.78, 5) is 21.6. The molecule has 1 atom stereocenters. The van der Waals surface area contributed by atoms with Crippen LogP contribution in [0.25, 0.3) is 33.5 Å². The number of hydrogen-bond donors (Lipinski definition) is 1. The Bertz CT molecular complexity index is 1520. The Kier molecular flexibility index (Phi) is 5.65. The van der Waals surface area contributed by atoms with Crippen molar-refractivity contribution in [2.24, 2.45) is 0 Å². The molecule has 2 aliphatic heterocycles. The number of aryl methyl sites for hydroxylation is 1. The molecule has 2 fully saturated rings. The van der Waals surface area contributed by atoms with Crippen molar-refractivity contribution in [1.82, 2.24) is 34.8 Å². The molecule has 0 saturated carbocycles. The standard InChI is InChI=1S/C28H30FN7O2/c1-38-24-12-22-27(31-26(24)21-7-3-5-17-4-2-6-20(17)21)25(33-32-22)18-13-30-36(14-18)19-15-35(16-19)28(37)23-8-10-34(23)11-9-29/h3,5,7,12-14,19,23H,2,4,6,8-11,15-16H2,1H3,(H,32,33)/t23-/m0/s1. The Morgan fingerprint density at radius 1 is 1.24 bits per heavy atom. The van der Waals surface area contributed by atoms with Crippen molar-refractivity contribution in [3.8, 4) is 28.3 Å². The molecule has 1 amide bonds. The fourth-order valence-electron chi connectivity index (χ4n) is 6.09. The van der Waals surface area contributed by atoms with Crippen molar-refractivity contribution >= 4 is 16.9 Å². The zero-order valence-electron chi connectivity index (χ0n) is 21.4. The van der Waals surface area contributed by atoms with E-state index in [1.807, 2.05) is 26.7 Å². The van der Waals surface area contributed by atoms with Gasteiger partial charge in [-0.2, -0.15) is 10.2 Å². The number of nitrogens with one attached hydrogen (secondary N) is 1. The maximum absolute atomic E-state index is 12.8. The zero-order chi connectivity index (χ0) is 25.8. The summed E-state index contributed by atoms with van der Waals surface area (Å²) >= 11 is 0. The number of carbonyl (C=O) groups excluding carboxylic acids is 1. The third-order valence-electron chi connectivity index (χ3n) is 8.33. The lowest BCUT2D eigenvalue weighted by atomic mass is 9.98. The number of methoxy groups -OCH3 is 1.